The zero-order chi connectivity index (χ0) is 16.2. The molecule has 0 spiro atoms. The van der Waals surface area contributed by atoms with Gasteiger partial charge < -0.3 is 9.64 Å². The van der Waals surface area contributed by atoms with Crippen LogP contribution in [0, 0.1) is 0 Å². The van der Waals surface area contributed by atoms with E-state index in [-0.39, 0.29) is 6.10 Å². The Bertz CT molecular complexity index is 778. The predicted molar refractivity (Wildman–Crippen MR) is 94.6 cm³/mol. The molecule has 2 aromatic heterocycles. The molecule has 3 aromatic rings. The molecule has 0 saturated carbocycles. The largest absolute Gasteiger partial charge is 0.488 e. The van der Waals surface area contributed by atoms with E-state index in [9.17, 15) is 0 Å². The topological polar surface area (TPSA) is 51.1 Å². The number of hydrogen-bond acceptors (Lipinski definition) is 6. The van der Waals surface area contributed by atoms with Crippen LogP contribution >= 0.6 is 11.3 Å². The monoisotopic (exact) mass is 338 g/mol. The van der Waals surface area contributed by atoms with E-state index in [4.69, 9.17) is 4.74 Å². The van der Waals surface area contributed by atoms with Crippen molar-refractivity contribution in [1.82, 2.24) is 15.2 Å². The van der Waals surface area contributed by atoms with Crippen molar-refractivity contribution in [2.24, 2.45) is 0 Å². The first kappa shape index (κ1) is 15.1. The number of ether oxygens (including phenoxy) is 1. The number of aromatic nitrogens is 3. The van der Waals surface area contributed by atoms with E-state index >= 15 is 0 Å². The zero-order valence-electron chi connectivity index (χ0n) is 13.2. The lowest BCUT2D eigenvalue weighted by molar-refractivity contribution is 0.224. The van der Waals surface area contributed by atoms with Gasteiger partial charge in [0.1, 0.15) is 16.9 Å². The Hall–Kier alpha value is -2.47. The molecular weight excluding hydrogens is 320 g/mol. The SMILES string of the molecule is c1ccc(Cc2nnc(N3CC[C@H](Oc4ccncc4)C3)s2)cc1. The van der Waals surface area contributed by atoms with Crippen LogP contribution in [0.4, 0.5) is 5.13 Å². The Labute approximate surface area is 145 Å². The van der Waals surface area contributed by atoms with Crippen molar-refractivity contribution in [2.75, 3.05) is 18.0 Å². The van der Waals surface area contributed by atoms with Gasteiger partial charge >= 0.3 is 0 Å². The normalized spacial score (nSPS) is 17.2. The first-order valence-electron chi connectivity index (χ1n) is 8.05. The first-order valence-corrected chi connectivity index (χ1v) is 8.86. The molecule has 4 rings (SSSR count). The third-order valence-corrected chi connectivity index (χ3v) is 5.01. The zero-order valence-corrected chi connectivity index (χ0v) is 14.0. The summed E-state index contributed by atoms with van der Waals surface area (Å²) in [5.41, 5.74) is 1.26. The molecule has 1 aromatic carbocycles. The average Bonchev–Trinajstić information content (AvgIpc) is 3.26. The Balaban J connectivity index is 1.37. The van der Waals surface area contributed by atoms with Crippen molar-refractivity contribution in [3.05, 3.63) is 65.4 Å². The second-order valence-electron chi connectivity index (χ2n) is 5.80. The fourth-order valence-corrected chi connectivity index (χ4v) is 3.73. The number of benzene rings is 1. The molecule has 1 atom stereocenters. The van der Waals surface area contributed by atoms with E-state index in [0.717, 1.165) is 41.8 Å². The summed E-state index contributed by atoms with van der Waals surface area (Å²) in [5, 5.41) is 10.7. The van der Waals surface area contributed by atoms with Crippen LogP contribution < -0.4 is 9.64 Å². The second kappa shape index (κ2) is 6.97. The summed E-state index contributed by atoms with van der Waals surface area (Å²) in [6, 6.07) is 14.2. The highest BCUT2D eigenvalue weighted by atomic mass is 32.1. The molecule has 0 N–H and O–H groups in total. The summed E-state index contributed by atoms with van der Waals surface area (Å²) >= 11 is 1.67. The number of anilines is 1. The predicted octanol–water partition coefficient (Wildman–Crippen LogP) is 3.18. The van der Waals surface area contributed by atoms with Gasteiger partial charge in [-0.25, -0.2) is 0 Å². The van der Waals surface area contributed by atoms with Crippen molar-refractivity contribution in [3.8, 4) is 5.75 Å². The van der Waals surface area contributed by atoms with Gasteiger partial charge in [0.15, 0.2) is 0 Å². The number of rotatable bonds is 5. The first-order chi connectivity index (χ1) is 11.9. The van der Waals surface area contributed by atoms with Crippen molar-refractivity contribution < 1.29 is 4.74 Å². The van der Waals surface area contributed by atoms with Gasteiger partial charge in [0, 0.05) is 31.8 Å². The molecule has 0 radical (unpaired) electrons. The van der Waals surface area contributed by atoms with Crippen LogP contribution in [0.15, 0.2) is 54.9 Å². The molecule has 3 heterocycles. The van der Waals surface area contributed by atoms with Gasteiger partial charge in [0.05, 0.1) is 6.54 Å². The lowest BCUT2D eigenvalue weighted by atomic mass is 10.2. The number of hydrogen-bond donors (Lipinski definition) is 0. The minimum atomic E-state index is 0.189. The maximum atomic E-state index is 6.00. The van der Waals surface area contributed by atoms with E-state index in [0.29, 0.717) is 0 Å². The van der Waals surface area contributed by atoms with Gasteiger partial charge in [-0.05, 0) is 17.7 Å². The highest BCUT2D eigenvalue weighted by molar-refractivity contribution is 7.15. The summed E-state index contributed by atoms with van der Waals surface area (Å²) < 4.78 is 6.00. The van der Waals surface area contributed by atoms with E-state index in [2.05, 4.69) is 44.3 Å². The fourth-order valence-electron chi connectivity index (χ4n) is 2.82. The Kier molecular flexibility index (Phi) is 4.38. The van der Waals surface area contributed by atoms with Gasteiger partial charge in [-0.15, -0.1) is 10.2 Å². The summed E-state index contributed by atoms with van der Waals surface area (Å²) in [7, 11) is 0. The van der Waals surface area contributed by atoms with Crippen LogP contribution in [0.2, 0.25) is 0 Å². The van der Waals surface area contributed by atoms with E-state index in [1.54, 1.807) is 23.7 Å². The molecule has 0 unspecified atom stereocenters. The van der Waals surface area contributed by atoms with Crippen LogP contribution in [-0.2, 0) is 6.42 Å². The van der Waals surface area contributed by atoms with E-state index in [1.165, 1.54) is 5.56 Å². The smallest absolute Gasteiger partial charge is 0.208 e. The van der Waals surface area contributed by atoms with Gasteiger partial charge in [0.25, 0.3) is 0 Å². The van der Waals surface area contributed by atoms with Crippen molar-refractivity contribution in [3.63, 3.8) is 0 Å². The number of nitrogens with zero attached hydrogens (tertiary/aromatic N) is 4. The third-order valence-electron chi connectivity index (χ3n) is 4.02. The lowest BCUT2D eigenvalue weighted by Gasteiger charge is -2.15. The minimum Gasteiger partial charge on any atom is -0.488 e. The molecule has 1 fully saturated rings. The van der Waals surface area contributed by atoms with E-state index in [1.807, 2.05) is 18.2 Å². The van der Waals surface area contributed by atoms with Crippen LogP contribution in [0.3, 0.4) is 0 Å². The molecule has 1 aliphatic rings. The highest BCUT2D eigenvalue weighted by Gasteiger charge is 2.26. The Morgan fingerprint density at radius 2 is 1.92 bits per heavy atom. The van der Waals surface area contributed by atoms with E-state index < -0.39 is 0 Å². The average molecular weight is 338 g/mol. The van der Waals surface area contributed by atoms with Crippen molar-refractivity contribution in [1.29, 1.82) is 0 Å². The Morgan fingerprint density at radius 1 is 1.08 bits per heavy atom. The number of pyridine rings is 1. The van der Waals surface area contributed by atoms with Crippen LogP contribution in [0.5, 0.6) is 5.75 Å². The minimum absolute atomic E-state index is 0.189. The summed E-state index contributed by atoms with van der Waals surface area (Å²) in [6.45, 7) is 1.80. The van der Waals surface area contributed by atoms with Gasteiger partial charge in [-0.1, -0.05) is 41.7 Å². The molecule has 1 aliphatic heterocycles. The summed E-state index contributed by atoms with van der Waals surface area (Å²) in [6.07, 6.45) is 5.53. The van der Waals surface area contributed by atoms with Crippen molar-refractivity contribution >= 4 is 16.5 Å². The molecule has 0 amide bonds. The van der Waals surface area contributed by atoms with Gasteiger partial charge in [-0.2, -0.15) is 0 Å². The van der Waals surface area contributed by atoms with Crippen molar-refractivity contribution in [2.45, 2.75) is 18.9 Å². The summed E-state index contributed by atoms with van der Waals surface area (Å²) in [5.74, 6) is 0.874. The molecule has 0 bridgehead atoms. The highest BCUT2D eigenvalue weighted by Crippen LogP contribution is 2.27. The molecule has 122 valence electrons. The standard InChI is InChI=1S/C18H18N4OS/c1-2-4-14(5-3-1)12-17-20-21-18(24-17)22-11-8-16(13-22)23-15-6-9-19-10-7-15/h1-7,9-10,16H,8,11-13H2/t16-/m0/s1. The lowest BCUT2D eigenvalue weighted by Crippen LogP contribution is -2.24. The molecule has 0 aliphatic carbocycles. The van der Waals surface area contributed by atoms with Crippen LogP contribution in [0.1, 0.15) is 17.0 Å². The third kappa shape index (κ3) is 3.54. The van der Waals surface area contributed by atoms with Gasteiger partial charge in [-0.3, -0.25) is 4.98 Å². The van der Waals surface area contributed by atoms with Gasteiger partial charge in [0.2, 0.25) is 5.13 Å². The second-order valence-corrected chi connectivity index (χ2v) is 6.84. The fraction of sp³-hybridized carbons (Fsp3) is 0.278. The van der Waals surface area contributed by atoms with Crippen LogP contribution in [-0.4, -0.2) is 34.4 Å². The Morgan fingerprint density at radius 3 is 2.75 bits per heavy atom. The maximum absolute atomic E-state index is 6.00. The van der Waals surface area contributed by atoms with Crippen LogP contribution in [0.25, 0.3) is 0 Å². The maximum Gasteiger partial charge on any atom is 0.208 e. The molecule has 6 heteroatoms. The molecule has 1 saturated heterocycles. The molecule has 24 heavy (non-hydrogen) atoms. The quantitative estimate of drug-likeness (QED) is 0.715. The molecule has 5 nitrogen and oxygen atoms in total. The summed E-state index contributed by atoms with van der Waals surface area (Å²) in [4.78, 5) is 6.27. The molecular formula is C18H18N4OS.